The van der Waals surface area contributed by atoms with Crippen LogP contribution in [0.2, 0.25) is 0 Å². The lowest BCUT2D eigenvalue weighted by Crippen LogP contribution is -2.32. The highest BCUT2D eigenvalue weighted by molar-refractivity contribution is 5.95. The van der Waals surface area contributed by atoms with Crippen LogP contribution in [0.25, 0.3) is 0 Å². The fourth-order valence-electron chi connectivity index (χ4n) is 3.22. The smallest absolute Gasteiger partial charge is 0.270 e. The average Bonchev–Trinajstić information content (AvgIpc) is 2.96. The molecule has 2 N–H and O–H groups in total. The number of likely N-dealkylation sites (tertiary alicyclic amines) is 1. The highest BCUT2D eigenvalue weighted by Crippen LogP contribution is 2.28. The summed E-state index contributed by atoms with van der Waals surface area (Å²) >= 11 is 0. The SMILES string of the molecule is Cc1cc(C(=O)N2C[C@@H](N)[C@H](c3ccccc3)C2)cc([N+](=O)[O-])c1.Cl. The van der Waals surface area contributed by atoms with E-state index in [1.54, 1.807) is 17.9 Å². The number of carbonyl (C=O) groups excluding carboxylic acids is 1. The van der Waals surface area contributed by atoms with Gasteiger partial charge >= 0.3 is 0 Å². The molecule has 6 nitrogen and oxygen atoms in total. The number of hydrogen-bond acceptors (Lipinski definition) is 4. The van der Waals surface area contributed by atoms with Crippen LogP contribution >= 0.6 is 12.4 Å². The van der Waals surface area contributed by atoms with E-state index in [1.807, 2.05) is 30.3 Å². The van der Waals surface area contributed by atoms with Crippen molar-refractivity contribution in [3.8, 4) is 0 Å². The molecule has 1 saturated heterocycles. The molecule has 0 radical (unpaired) electrons. The molecular formula is C18H20ClN3O3. The number of nitro groups is 1. The van der Waals surface area contributed by atoms with E-state index in [0.29, 0.717) is 24.2 Å². The van der Waals surface area contributed by atoms with Crippen molar-refractivity contribution in [1.82, 2.24) is 4.90 Å². The second kappa shape index (κ2) is 7.63. The Balaban J connectivity index is 0.00000225. The number of hydrogen-bond donors (Lipinski definition) is 1. The highest BCUT2D eigenvalue weighted by Gasteiger charge is 2.34. The van der Waals surface area contributed by atoms with Gasteiger partial charge in [-0.3, -0.25) is 14.9 Å². The van der Waals surface area contributed by atoms with Gasteiger partial charge in [0.05, 0.1) is 4.92 Å². The maximum Gasteiger partial charge on any atom is 0.270 e. The maximum atomic E-state index is 12.7. The molecular weight excluding hydrogens is 342 g/mol. The van der Waals surface area contributed by atoms with Crippen molar-refractivity contribution in [2.24, 2.45) is 5.73 Å². The van der Waals surface area contributed by atoms with E-state index in [4.69, 9.17) is 5.73 Å². The van der Waals surface area contributed by atoms with Gasteiger partial charge in [0.1, 0.15) is 0 Å². The molecule has 2 aromatic carbocycles. The van der Waals surface area contributed by atoms with E-state index >= 15 is 0 Å². The second-order valence-corrected chi connectivity index (χ2v) is 6.21. The molecule has 3 rings (SSSR count). The molecule has 0 unspecified atom stereocenters. The second-order valence-electron chi connectivity index (χ2n) is 6.21. The summed E-state index contributed by atoms with van der Waals surface area (Å²) in [5.41, 5.74) is 8.29. The zero-order valence-corrected chi connectivity index (χ0v) is 14.6. The van der Waals surface area contributed by atoms with Gasteiger partial charge < -0.3 is 10.6 Å². The van der Waals surface area contributed by atoms with Crippen molar-refractivity contribution in [2.45, 2.75) is 18.9 Å². The fraction of sp³-hybridized carbons (Fsp3) is 0.278. The molecule has 0 aromatic heterocycles. The topological polar surface area (TPSA) is 89.5 Å². The molecule has 1 amide bonds. The molecule has 1 fully saturated rings. The molecule has 0 aliphatic carbocycles. The van der Waals surface area contributed by atoms with E-state index in [9.17, 15) is 14.9 Å². The van der Waals surface area contributed by atoms with Crippen LogP contribution in [0, 0.1) is 17.0 Å². The van der Waals surface area contributed by atoms with Gasteiger partial charge in [0, 0.05) is 42.7 Å². The number of carbonyl (C=O) groups is 1. The first kappa shape index (κ1) is 18.9. The van der Waals surface area contributed by atoms with Crippen molar-refractivity contribution in [2.75, 3.05) is 13.1 Å². The monoisotopic (exact) mass is 361 g/mol. The highest BCUT2D eigenvalue weighted by atomic mass is 35.5. The Bertz CT molecular complexity index is 782. The lowest BCUT2D eigenvalue weighted by molar-refractivity contribution is -0.384. The van der Waals surface area contributed by atoms with Crippen LogP contribution in [-0.2, 0) is 0 Å². The van der Waals surface area contributed by atoms with Crippen molar-refractivity contribution in [1.29, 1.82) is 0 Å². The van der Waals surface area contributed by atoms with Crippen molar-refractivity contribution in [3.63, 3.8) is 0 Å². The van der Waals surface area contributed by atoms with Gasteiger partial charge in [0.25, 0.3) is 11.6 Å². The quantitative estimate of drug-likeness (QED) is 0.672. The standard InChI is InChI=1S/C18H19N3O3.ClH/c1-12-7-14(9-15(8-12)21(23)24)18(22)20-10-16(17(19)11-20)13-5-3-2-4-6-13;/h2-9,16-17H,10-11,19H2,1H3;1H/t16-,17+;/m0./s1. The number of non-ortho nitro benzene ring substituents is 1. The Morgan fingerprint density at radius 1 is 1.20 bits per heavy atom. The summed E-state index contributed by atoms with van der Waals surface area (Å²) in [6.07, 6.45) is 0. The van der Waals surface area contributed by atoms with Gasteiger partial charge in [-0.25, -0.2) is 0 Å². The number of halogens is 1. The van der Waals surface area contributed by atoms with Gasteiger partial charge in [-0.05, 0) is 24.1 Å². The van der Waals surface area contributed by atoms with Crippen LogP contribution in [0.1, 0.15) is 27.4 Å². The normalized spacial score (nSPS) is 19.4. The van der Waals surface area contributed by atoms with Crippen LogP contribution < -0.4 is 5.73 Å². The maximum absolute atomic E-state index is 12.7. The third kappa shape index (κ3) is 3.97. The summed E-state index contributed by atoms with van der Waals surface area (Å²) in [5, 5.41) is 11.0. The number of benzene rings is 2. The molecule has 1 heterocycles. The van der Waals surface area contributed by atoms with Gasteiger partial charge in [0.15, 0.2) is 0 Å². The van der Waals surface area contributed by atoms with Crippen LogP contribution in [0.5, 0.6) is 0 Å². The fourth-order valence-corrected chi connectivity index (χ4v) is 3.22. The minimum atomic E-state index is -0.480. The third-order valence-electron chi connectivity index (χ3n) is 4.40. The van der Waals surface area contributed by atoms with Gasteiger partial charge in [0.2, 0.25) is 0 Å². The van der Waals surface area contributed by atoms with Crippen molar-refractivity contribution < 1.29 is 9.72 Å². The Labute approximate surface area is 152 Å². The number of amides is 1. The number of nitrogens with two attached hydrogens (primary N) is 1. The lowest BCUT2D eigenvalue weighted by Gasteiger charge is -2.17. The Morgan fingerprint density at radius 2 is 1.88 bits per heavy atom. The summed E-state index contributed by atoms with van der Waals surface area (Å²) < 4.78 is 0. The third-order valence-corrected chi connectivity index (χ3v) is 4.40. The Morgan fingerprint density at radius 3 is 2.52 bits per heavy atom. The minimum absolute atomic E-state index is 0. The summed E-state index contributed by atoms with van der Waals surface area (Å²) in [6.45, 7) is 2.71. The molecule has 0 spiro atoms. The Hall–Kier alpha value is -2.44. The Kier molecular flexibility index (Phi) is 5.77. The van der Waals surface area contributed by atoms with Gasteiger partial charge in [-0.1, -0.05) is 30.3 Å². The number of nitrogens with zero attached hydrogens (tertiary/aromatic N) is 2. The average molecular weight is 362 g/mol. The molecule has 2 aromatic rings. The summed E-state index contributed by atoms with van der Waals surface area (Å²) in [4.78, 5) is 24.9. The summed E-state index contributed by atoms with van der Waals surface area (Å²) in [7, 11) is 0. The molecule has 7 heteroatoms. The first-order valence-corrected chi connectivity index (χ1v) is 7.81. The van der Waals surface area contributed by atoms with E-state index in [2.05, 4.69) is 0 Å². The number of nitro benzene ring substituents is 1. The number of rotatable bonds is 3. The summed E-state index contributed by atoms with van der Waals surface area (Å²) in [5.74, 6) is -0.134. The first-order valence-electron chi connectivity index (χ1n) is 7.81. The molecule has 0 bridgehead atoms. The van der Waals surface area contributed by atoms with Crippen LogP contribution in [0.15, 0.2) is 48.5 Å². The molecule has 132 valence electrons. The summed E-state index contributed by atoms with van der Waals surface area (Å²) in [6, 6.07) is 14.2. The molecule has 1 aliphatic rings. The van der Waals surface area contributed by atoms with Crippen LogP contribution in [0.3, 0.4) is 0 Å². The van der Waals surface area contributed by atoms with E-state index in [1.165, 1.54) is 12.1 Å². The zero-order valence-electron chi connectivity index (χ0n) is 13.8. The largest absolute Gasteiger partial charge is 0.336 e. The van der Waals surface area contributed by atoms with E-state index in [0.717, 1.165) is 5.56 Å². The van der Waals surface area contributed by atoms with Gasteiger partial charge in [-0.2, -0.15) is 0 Å². The predicted octanol–water partition coefficient (Wildman–Crippen LogP) is 2.89. The first-order chi connectivity index (χ1) is 11.5. The van der Waals surface area contributed by atoms with Crippen molar-refractivity contribution in [3.05, 3.63) is 75.3 Å². The predicted molar refractivity (Wildman–Crippen MR) is 98.1 cm³/mol. The zero-order chi connectivity index (χ0) is 17.3. The molecule has 2 atom stereocenters. The lowest BCUT2D eigenvalue weighted by atomic mass is 9.95. The molecule has 0 saturated carbocycles. The van der Waals surface area contributed by atoms with Crippen molar-refractivity contribution >= 4 is 24.0 Å². The van der Waals surface area contributed by atoms with Crippen LogP contribution in [-0.4, -0.2) is 34.9 Å². The molecule has 1 aliphatic heterocycles. The minimum Gasteiger partial charge on any atom is -0.336 e. The van der Waals surface area contributed by atoms with E-state index < -0.39 is 4.92 Å². The van der Waals surface area contributed by atoms with Gasteiger partial charge in [-0.15, -0.1) is 12.4 Å². The molecule has 25 heavy (non-hydrogen) atoms. The number of aryl methyl sites for hydroxylation is 1. The van der Waals surface area contributed by atoms with Crippen LogP contribution in [0.4, 0.5) is 5.69 Å². The van der Waals surface area contributed by atoms with E-state index in [-0.39, 0.29) is 36.0 Å².